The molecule has 0 aliphatic rings. The lowest BCUT2D eigenvalue weighted by atomic mass is 9.90. The number of anilines is 1. The summed E-state index contributed by atoms with van der Waals surface area (Å²) in [6, 6.07) is 11.6. The van der Waals surface area contributed by atoms with E-state index in [2.05, 4.69) is 29.1 Å². The predicted octanol–water partition coefficient (Wildman–Crippen LogP) is 6.63. The molecule has 35 heavy (non-hydrogen) atoms. The third-order valence-electron chi connectivity index (χ3n) is 5.59. The van der Waals surface area contributed by atoms with Crippen LogP contribution >= 0.6 is 0 Å². The normalized spacial score (nSPS) is 11.6. The number of hydrogen-bond acceptors (Lipinski definition) is 5. The summed E-state index contributed by atoms with van der Waals surface area (Å²) in [6.07, 6.45) is 0. The van der Waals surface area contributed by atoms with Crippen LogP contribution in [0.15, 0.2) is 48.5 Å². The zero-order valence-electron chi connectivity index (χ0n) is 21.3. The second-order valence-corrected chi connectivity index (χ2v) is 8.97. The highest BCUT2D eigenvalue weighted by atomic mass is 19.1. The van der Waals surface area contributed by atoms with E-state index in [1.54, 1.807) is 40.0 Å². The van der Waals surface area contributed by atoms with Gasteiger partial charge in [0, 0.05) is 24.1 Å². The summed E-state index contributed by atoms with van der Waals surface area (Å²) < 4.78 is 25.7. The quantitative estimate of drug-likeness (QED) is 0.303. The first-order valence-corrected chi connectivity index (χ1v) is 11.6. The third-order valence-corrected chi connectivity index (χ3v) is 5.59. The Morgan fingerprint density at radius 1 is 0.829 bits per heavy atom. The van der Waals surface area contributed by atoms with Gasteiger partial charge in [-0.05, 0) is 73.9 Å². The molecule has 7 heteroatoms. The molecule has 0 aliphatic carbocycles. The Morgan fingerprint density at radius 3 is 1.80 bits per heavy atom. The maximum atomic E-state index is 13.0. The summed E-state index contributed by atoms with van der Waals surface area (Å²) in [5.41, 5.74) is 4.19. The molecule has 0 radical (unpaired) electrons. The maximum absolute atomic E-state index is 13.0. The van der Waals surface area contributed by atoms with Crippen molar-refractivity contribution in [3.8, 4) is 11.3 Å². The van der Waals surface area contributed by atoms with Crippen LogP contribution in [-0.2, 0) is 4.79 Å². The minimum atomic E-state index is -0.662. The van der Waals surface area contributed by atoms with Crippen molar-refractivity contribution >= 4 is 17.5 Å². The number of rotatable bonds is 7. The van der Waals surface area contributed by atoms with Gasteiger partial charge in [0.25, 0.3) is 0 Å². The van der Waals surface area contributed by atoms with Crippen LogP contribution in [0.1, 0.15) is 62.2 Å². The minimum absolute atomic E-state index is 0.0886. The zero-order chi connectivity index (χ0) is 26.3. The average Bonchev–Trinajstić information content (AvgIpc) is 2.84. The van der Waals surface area contributed by atoms with Crippen molar-refractivity contribution in [2.24, 2.45) is 11.8 Å². The van der Waals surface area contributed by atoms with Gasteiger partial charge < -0.3 is 5.32 Å². The first kappa shape index (κ1) is 27.8. The van der Waals surface area contributed by atoms with E-state index in [-0.39, 0.29) is 29.1 Å². The van der Waals surface area contributed by atoms with Crippen molar-refractivity contribution in [2.45, 2.75) is 47.5 Å². The molecule has 1 atom stereocenters. The Kier molecular flexibility index (Phi) is 9.75. The second-order valence-electron chi connectivity index (χ2n) is 8.97. The Bertz CT molecular complexity index is 1160. The number of nitrogens with one attached hydrogen (secondary N) is 1. The van der Waals surface area contributed by atoms with Crippen molar-refractivity contribution in [1.82, 2.24) is 9.97 Å². The number of halogens is 2. The van der Waals surface area contributed by atoms with Crippen LogP contribution in [0.5, 0.6) is 0 Å². The lowest BCUT2D eigenvalue weighted by molar-refractivity contribution is -0.123. The number of ketones is 2. The number of benzene rings is 2. The number of carbonyl (C=O) groups excluding carboxylic acids is 2. The molecule has 1 unspecified atom stereocenters. The Hall–Kier alpha value is -3.48. The molecule has 0 aliphatic heterocycles. The zero-order valence-corrected chi connectivity index (χ0v) is 21.3. The van der Waals surface area contributed by atoms with Gasteiger partial charge in [0.1, 0.15) is 17.4 Å². The fourth-order valence-electron chi connectivity index (χ4n) is 3.59. The van der Waals surface area contributed by atoms with Crippen LogP contribution in [0.3, 0.4) is 0 Å². The molecule has 0 saturated carbocycles. The molecule has 3 rings (SSSR count). The molecule has 3 aromatic rings. The van der Waals surface area contributed by atoms with E-state index in [0.29, 0.717) is 17.4 Å². The van der Waals surface area contributed by atoms with Gasteiger partial charge >= 0.3 is 0 Å². The molecule has 186 valence electrons. The molecule has 5 nitrogen and oxygen atoms in total. The lowest BCUT2D eigenvalue weighted by Gasteiger charge is -2.14. The highest BCUT2D eigenvalue weighted by Crippen LogP contribution is 2.28. The molecular weight excluding hydrogens is 448 g/mol. The SMILES string of the molecule is CC(C)C(=O)C(C)C(=O)c1ccc(F)cc1.CNc1nc(-c2ccc(F)cc2)c(C)c(C(C)C)n1. The predicted molar refractivity (Wildman–Crippen MR) is 136 cm³/mol. The van der Waals surface area contributed by atoms with E-state index in [4.69, 9.17) is 0 Å². The molecule has 0 bridgehead atoms. The summed E-state index contributed by atoms with van der Waals surface area (Å²) >= 11 is 0. The molecular formula is C28H33F2N3O2. The molecule has 0 fully saturated rings. The molecule has 1 aromatic heterocycles. The number of aromatic nitrogens is 2. The van der Waals surface area contributed by atoms with Crippen molar-refractivity contribution in [3.63, 3.8) is 0 Å². The van der Waals surface area contributed by atoms with Gasteiger partial charge in [0.15, 0.2) is 5.78 Å². The van der Waals surface area contributed by atoms with Crippen molar-refractivity contribution < 1.29 is 18.4 Å². The fourth-order valence-corrected chi connectivity index (χ4v) is 3.59. The first-order chi connectivity index (χ1) is 16.5. The van der Waals surface area contributed by atoms with E-state index >= 15 is 0 Å². The highest BCUT2D eigenvalue weighted by molar-refractivity contribution is 6.10. The van der Waals surface area contributed by atoms with Gasteiger partial charge in [-0.25, -0.2) is 18.7 Å². The van der Waals surface area contributed by atoms with Gasteiger partial charge in [-0.3, -0.25) is 9.59 Å². The monoisotopic (exact) mass is 481 g/mol. The number of hydrogen-bond donors (Lipinski definition) is 1. The van der Waals surface area contributed by atoms with Crippen molar-refractivity contribution in [2.75, 3.05) is 12.4 Å². The van der Waals surface area contributed by atoms with E-state index in [9.17, 15) is 18.4 Å². The average molecular weight is 482 g/mol. The number of carbonyl (C=O) groups is 2. The van der Waals surface area contributed by atoms with Crippen LogP contribution in [0.2, 0.25) is 0 Å². The summed E-state index contributed by atoms with van der Waals surface area (Å²) in [5, 5.41) is 2.97. The van der Waals surface area contributed by atoms with Gasteiger partial charge in [-0.15, -0.1) is 0 Å². The summed E-state index contributed by atoms with van der Waals surface area (Å²) in [6.45, 7) is 11.3. The Labute approximate surface area is 206 Å². The van der Waals surface area contributed by atoms with Crippen molar-refractivity contribution in [1.29, 1.82) is 0 Å². The molecule has 0 saturated heterocycles. The molecule has 0 amide bonds. The number of nitrogens with zero attached hydrogens (tertiary/aromatic N) is 2. The molecule has 1 heterocycles. The topological polar surface area (TPSA) is 72.0 Å². The lowest BCUT2D eigenvalue weighted by Crippen LogP contribution is -2.25. The van der Waals surface area contributed by atoms with Gasteiger partial charge in [-0.2, -0.15) is 0 Å². The summed E-state index contributed by atoms with van der Waals surface area (Å²) in [4.78, 5) is 32.5. The third kappa shape index (κ3) is 7.25. The van der Waals surface area contributed by atoms with E-state index < -0.39 is 5.92 Å². The van der Waals surface area contributed by atoms with Crippen LogP contribution in [0.4, 0.5) is 14.7 Å². The summed E-state index contributed by atoms with van der Waals surface area (Å²) in [7, 11) is 1.79. The Balaban J connectivity index is 0.000000251. The van der Waals surface area contributed by atoms with Crippen molar-refractivity contribution in [3.05, 3.63) is 77.0 Å². The largest absolute Gasteiger partial charge is 0.357 e. The van der Waals surface area contributed by atoms with Gasteiger partial charge in [-0.1, -0.05) is 27.7 Å². The van der Waals surface area contributed by atoms with E-state index in [1.165, 1.54) is 36.4 Å². The molecule has 2 aromatic carbocycles. The minimum Gasteiger partial charge on any atom is -0.357 e. The van der Waals surface area contributed by atoms with Crippen LogP contribution in [-0.4, -0.2) is 28.6 Å². The highest BCUT2D eigenvalue weighted by Gasteiger charge is 2.24. The Morgan fingerprint density at radius 2 is 1.34 bits per heavy atom. The van der Waals surface area contributed by atoms with Crippen LogP contribution < -0.4 is 5.32 Å². The van der Waals surface area contributed by atoms with Crippen LogP contribution in [0, 0.1) is 30.4 Å². The first-order valence-electron chi connectivity index (χ1n) is 11.6. The second kappa shape index (κ2) is 12.3. The fraction of sp³-hybridized carbons (Fsp3) is 0.357. The van der Waals surface area contributed by atoms with E-state index in [0.717, 1.165) is 22.5 Å². The van der Waals surface area contributed by atoms with Gasteiger partial charge in [0.2, 0.25) is 5.95 Å². The maximum Gasteiger partial charge on any atom is 0.223 e. The molecule has 1 N–H and O–H groups in total. The van der Waals surface area contributed by atoms with Crippen LogP contribution in [0.25, 0.3) is 11.3 Å². The number of Topliss-reactive ketones (excluding diaryl/α,β-unsaturated/α-hetero) is 2. The smallest absolute Gasteiger partial charge is 0.223 e. The van der Waals surface area contributed by atoms with Gasteiger partial charge in [0.05, 0.1) is 17.3 Å². The standard InChI is InChI=1S/C15H18FN3.C13H15FO2/c1-9(2)13-10(3)14(19-15(17-4)18-13)11-5-7-12(16)8-6-11;1-8(2)12(15)9(3)13(16)10-4-6-11(14)7-5-10/h5-9H,1-4H3,(H,17,18,19);4-9H,1-3H3. The van der Waals surface area contributed by atoms with E-state index in [1.807, 2.05) is 6.92 Å². The molecule has 0 spiro atoms. The summed E-state index contributed by atoms with van der Waals surface area (Å²) in [5.74, 6) is -0.895.